The van der Waals surface area contributed by atoms with Crippen LogP contribution in [0.5, 0.6) is 0 Å². The van der Waals surface area contributed by atoms with Crippen LogP contribution >= 0.6 is 0 Å². The number of carboxylic acids is 3. The van der Waals surface area contributed by atoms with Gasteiger partial charge in [-0.05, 0) is 19.3 Å². The van der Waals surface area contributed by atoms with Gasteiger partial charge in [0, 0.05) is 37.2 Å². The van der Waals surface area contributed by atoms with Gasteiger partial charge in [0.25, 0.3) is 30.4 Å². The van der Waals surface area contributed by atoms with Crippen molar-refractivity contribution in [3.63, 3.8) is 0 Å². The van der Waals surface area contributed by atoms with Gasteiger partial charge >= 0.3 is 107 Å². The van der Waals surface area contributed by atoms with Crippen LogP contribution in [0.3, 0.4) is 0 Å². The van der Waals surface area contributed by atoms with E-state index in [0.717, 1.165) is 57.8 Å². The zero-order valence-corrected chi connectivity index (χ0v) is 63.0. The molecule has 0 aromatic carbocycles. The maximum absolute atomic E-state index is 11.6. The molecular formula is C60H111Na3O21S3. The van der Waals surface area contributed by atoms with Crippen molar-refractivity contribution in [3.8, 4) is 0 Å². The molecule has 0 heterocycles. The van der Waals surface area contributed by atoms with Crippen LogP contribution in [0.2, 0.25) is 0 Å². The molecule has 0 bridgehead atoms. The number of unbranched alkanes of at least 4 members (excludes halogenated alkanes) is 39. The van der Waals surface area contributed by atoms with Crippen molar-refractivity contribution in [2.75, 3.05) is 19.8 Å². The van der Waals surface area contributed by atoms with E-state index in [-0.39, 0.29) is 108 Å². The van der Waals surface area contributed by atoms with Crippen molar-refractivity contribution in [3.05, 3.63) is 0 Å². The molecule has 0 aromatic heterocycles. The maximum Gasteiger partial charge on any atom is 1.00 e. The Morgan fingerprint density at radius 3 is 0.517 bits per heavy atom. The second-order valence-electron chi connectivity index (χ2n) is 22.0. The molecule has 0 aromatic rings. The Balaban J connectivity index is -0.000000278. The molecule has 498 valence electrons. The van der Waals surface area contributed by atoms with E-state index in [1.807, 2.05) is 0 Å². The molecule has 87 heavy (non-hydrogen) atoms. The molecule has 27 heteroatoms. The summed E-state index contributed by atoms with van der Waals surface area (Å²) in [6.45, 7) is 6.71. The minimum Gasteiger partial charge on any atom is -0.550 e. The van der Waals surface area contributed by atoms with Crippen LogP contribution < -0.4 is 104 Å². The first kappa shape index (κ1) is 97.6. The van der Waals surface area contributed by atoms with Crippen molar-refractivity contribution in [1.82, 2.24) is 0 Å². The molecule has 0 fully saturated rings. The van der Waals surface area contributed by atoms with E-state index in [1.165, 1.54) is 193 Å². The molecule has 0 spiro atoms. The summed E-state index contributed by atoms with van der Waals surface area (Å²) < 4.78 is 107. The Morgan fingerprint density at radius 1 is 0.276 bits per heavy atom. The summed E-state index contributed by atoms with van der Waals surface area (Å²) in [7, 11) is -14.5. The second-order valence-corrected chi connectivity index (χ2v) is 26.8. The largest absolute Gasteiger partial charge is 1.00 e. The molecule has 0 amide bonds. The predicted molar refractivity (Wildman–Crippen MR) is 319 cm³/mol. The molecule has 0 aliphatic rings. The quantitative estimate of drug-likeness (QED) is 0.0253. The van der Waals surface area contributed by atoms with Gasteiger partial charge in [0.05, 0.1) is 19.8 Å². The summed E-state index contributed by atoms with van der Waals surface area (Å²) in [5.74, 6) is -8.97. The summed E-state index contributed by atoms with van der Waals surface area (Å²) >= 11 is 0. The molecule has 0 radical (unpaired) electrons. The third-order valence-corrected chi connectivity index (χ3v) is 17.4. The fourth-order valence-corrected chi connectivity index (χ4v) is 11.0. The predicted octanol–water partition coefficient (Wildman–Crippen LogP) is 1.23. The number of carboxylic acid groups (broad SMARTS) is 3. The molecule has 0 rings (SSSR count). The average Bonchev–Trinajstić information content (AvgIpc) is 3.32. The summed E-state index contributed by atoms with van der Waals surface area (Å²) in [5, 5.41) is 25.1. The van der Waals surface area contributed by atoms with E-state index >= 15 is 0 Å². The first-order valence-corrected chi connectivity index (χ1v) is 36.4. The molecule has 0 saturated carbocycles. The fraction of sp³-hybridized carbons (Fsp3) is 0.900. The number of ether oxygens (including phenoxy) is 3. The summed E-state index contributed by atoms with van der Waals surface area (Å²) in [5.41, 5.74) is 0. The normalized spacial score (nSPS) is 12.2. The molecule has 0 aliphatic carbocycles. The smallest absolute Gasteiger partial charge is 0.550 e. The molecule has 3 N–H and O–H groups in total. The Bertz CT molecular complexity index is 1790. The van der Waals surface area contributed by atoms with Gasteiger partial charge in [-0.3, -0.25) is 28.0 Å². The topological polar surface area (TPSA) is 362 Å². The molecular weight excluding hydrogens is 1220 g/mol. The molecule has 3 unspecified atom stereocenters. The van der Waals surface area contributed by atoms with Gasteiger partial charge in [-0.1, -0.05) is 271 Å². The van der Waals surface area contributed by atoms with Crippen molar-refractivity contribution in [2.45, 2.75) is 325 Å². The fourth-order valence-electron chi connectivity index (χ4n) is 9.07. The molecule has 3 atom stereocenters. The SMILES string of the molecule is CCCCCCCCCCCCCCCCOC(=O)C(CC(=O)[O-])S(=O)(=O)O.CCCCCCCCCCCCCCCCOC(=O)C(CC(=O)[O-])S(=O)(=O)O.CCCCCCCCCCCCCCCCOC(=O)C(CC(=O)[O-])S(=O)(=O)O.[Na+].[Na+].[Na+]. The van der Waals surface area contributed by atoms with E-state index in [1.54, 1.807) is 0 Å². The van der Waals surface area contributed by atoms with Gasteiger partial charge in [0.1, 0.15) is 0 Å². The van der Waals surface area contributed by atoms with Crippen molar-refractivity contribution < 1.29 is 186 Å². The van der Waals surface area contributed by atoms with Crippen molar-refractivity contribution in [2.24, 2.45) is 0 Å². The van der Waals surface area contributed by atoms with Crippen molar-refractivity contribution >= 4 is 66.2 Å². The van der Waals surface area contributed by atoms with Crippen LogP contribution in [0.4, 0.5) is 0 Å². The van der Waals surface area contributed by atoms with E-state index in [0.29, 0.717) is 19.3 Å². The third kappa shape index (κ3) is 69.7. The van der Waals surface area contributed by atoms with Gasteiger partial charge in [0.15, 0.2) is 15.7 Å². The minimum atomic E-state index is -4.83. The summed E-state index contributed by atoms with van der Waals surface area (Å²) in [6, 6.07) is 0. The molecule has 0 saturated heterocycles. The van der Waals surface area contributed by atoms with Crippen LogP contribution in [-0.2, 0) is 73.3 Å². The first-order valence-electron chi connectivity index (χ1n) is 31.8. The van der Waals surface area contributed by atoms with Crippen LogP contribution in [0, 0.1) is 0 Å². The first-order chi connectivity index (χ1) is 39.9. The standard InChI is InChI=1S/3C20H38O7S.3Na/c3*1-2-3-4-5-6-7-8-9-10-11-12-13-14-15-16-27-20(23)18(17-19(21)22)28(24,25)26;;;/h3*18H,2-17H2,1H3,(H,21,22)(H,24,25,26);;;/q;;;3*+1/p-3. The maximum atomic E-state index is 11.6. The number of rotatable bonds is 57. The molecule has 0 aliphatic heterocycles. The van der Waals surface area contributed by atoms with Crippen molar-refractivity contribution in [1.29, 1.82) is 0 Å². The van der Waals surface area contributed by atoms with Crippen LogP contribution in [0.25, 0.3) is 0 Å². The van der Waals surface area contributed by atoms with Crippen LogP contribution in [0.15, 0.2) is 0 Å². The monoisotopic (exact) mass is 1330 g/mol. The van der Waals surface area contributed by atoms with E-state index in [4.69, 9.17) is 27.9 Å². The Morgan fingerprint density at radius 2 is 0.402 bits per heavy atom. The zero-order chi connectivity index (χ0) is 63.8. The number of carbonyl (C=O) groups excluding carboxylic acids is 6. The van der Waals surface area contributed by atoms with Gasteiger partial charge in [-0.2, -0.15) is 25.3 Å². The minimum absolute atomic E-state index is 0. The van der Waals surface area contributed by atoms with E-state index in [9.17, 15) is 69.3 Å². The number of hydrogen-bond donors (Lipinski definition) is 3. The van der Waals surface area contributed by atoms with Gasteiger partial charge in [-0.25, -0.2) is 0 Å². The summed E-state index contributed by atoms with van der Waals surface area (Å²) in [6.07, 6.45) is 46.4. The Kier molecular flexibility index (Phi) is 75.2. The van der Waals surface area contributed by atoms with Gasteiger partial charge < -0.3 is 43.9 Å². The van der Waals surface area contributed by atoms with E-state index < -0.39 is 101 Å². The third-order valence-electron chi connectivity index (χ3n) is 14.2. The Hall–Kier alpha value is -0.450. The zero-order valence-electron chi connectivity index (χ0n) is 54.6. The van der Waals surface area contributed by atoms with Crippen LogP contribution in [0.1, 0.15) is 310 Å². The summed E-state index contributed by atoms with van der Waals surface area (Å²) in [4.78, 5) is 66.3. The Labute approximate surface area is 591 Å². The average molecular weight is 1330 g/mol. The van der Waals surface area contributed by atoms with Crippen LogP contribution in [-0.4, -0.2) is 110 Å². The van der Waals surface area contributed by atoms with Gasteiger partial charge in [0.2, 0.25) is 0 Å². The number of aliphatic carboxylic acids is 3. The van der Waals surface area contributed by atoms with Gasteiger partial charge in [-0.15, -0.1) is 0 Å². The second kappa shape index (κ2) is 67.0. The molecule has 21 nitrogen and oxygen atoms in total. The van der Waals surface area contributed by atoms with E-state index in [2.05, 4.69) is 20.8 Å². The number of carbonyl (C=O) groups is 6. The number of hydrogen-bond acceptors (Lipinski definition) is 18. The number of esters is 3.